The Morgan fingerprint density at radius 1 is 1.41 bits per heavy atom. The smallest absolute Gasteiger partial charge is 0.0953 e. The highest BCUT2D eigenvalue weighted by Crippen LogP contribution is 2.05. The first-order chi connectivity index (χ1) is 8.19. The van der Waals surface area contributed by atoms with Crippen LogP contribution in [0.15, 0.2) is 18.6 Å². The molecule has 0 unspecified atom stereocenters. The topological polar surface area (TPSA) is 47.7 Å². The summed E-state index contributed by atoms with van der Waals surface area (Å²) in [7, 11) is 3.93. The Labute approximate surface area is 101 Å². The highest BCUT2D eigenvalue weighted by molar-refractivity contribution is 5.10. The van der Waals surface area contributed by atoms with E-state index in [-0.39, 0.29) is 0 Å². The maximum absolute atomic E-state index is 4.38. The molecule has 0 amide bonds. The predicted molar refractivity (Wildman–Crippen MR) is 66.9 cm³/mol. The number of imidazole rings is 1. The molecule has 0 radical (unpaired) electrons. The Bertz CT molecular complexity index is 483. The minimum atomic E-state index is 0.823. The molecule has 0 fully saturated rings. The number of likely N-dealkylation sites (N-methyl/N-ethyl adjacent to an activating group) is 1. The summed E-state index contributed by atoms with van der Waals surface area (Å²) in [6.45, 7) is 3.79. The molecule has 0 aliphatic carbocycles. The third-order valence-corrected chi connectivity index (χ3v) is 2.76. The van der Waals surface area contributed by atoms with Crippen molar-refractivity contribution in [1.29, 1.82) is 0 Å². The fourth-order valence-electron chi connectivity index (χ4n) is 1.87. The van der Waals surface area contributed by atoms with Crippen LogP contribution in [0.5, 0.6) is 0 Å². The van der Waals surface area contributed by atoms with E-state index in [2.05, 4.69) is 32.2 Å². The van der Waals surface area contributed by atoms with Crippen molar-refractivity contribution in [3.63, 3.8) is 0 Å². The van der Waals surface area contributed by atoms with Crippen LogP contribution in [0.25, 0.3) is 0 Å². The summed E-state index contributed by atoms with van der Waals surface area (Å²) in [5, 5.41) is 7.46. The van der Waals surface area contributed by atoms with Gasteiger partial charge in [-0.25, -0.2) is 4.98 Å². The lowest BCUT2D eigenvalue weighted by Gasteiger charge is -2.02. The van der Waals surface area contributed by atoms with Crippen LogP contribution in [-0.2, 0) is 20.0 Å². The van der Waals surface area contributed by atoms with Gasteiger partial charge in [0.25, 0.3) is 0 Å². The Morgan fingerprint density at radius 3 is 2.88 bits per heavy atom. The van der Waals surface area contributed by atoms with Gasteiger partial charge >= 0.3 is 0 Å². The fourth-order valence-corrected chi connectivity index (χ4v) is 1.87. The third-order valence-electron chi connectivity index (χ3n) is 2.76. The molecular formula is C12H19N5. The van der Waals surface area contributed by atoms with Crippen molar-refractivity contribution in [2.24, 2.45) is 7.05 Å². The minimum absolute atomic E-state index is 0.823. The number of hydrogen-bond donors (Lipinski definition) is 1. The quantitative estimate of drug-likeness (QED) is 0.828. The van der Waals surface area contributed by atoms with Gasteiger partial charge in [0.1, 0.15) is 0 Å². The predicted octanol–water partition coefficient (Wildman–Crippen LogP) is 0.735. The summed E-state index contributed by atoms with van der Waals surface area (Å²) in [5.74, 6) is 0. The molecule has 5 nitrogen and oxygen atoms in total. The minimum Gasteiger partial charge on any atom is -0.331 e. The van der Waals surface area contributed by atoms with Gasteiger partial charge in [-0.3, -0.25) is 4.68 Å². The van der Waals surface area contributed by atoms with Gasteiger partial charge in [-0.05, 0) is 20.0 Å². The first kappa shape index (κ1) is 11.9. The summed E-state index contributed by atoms with van der Waals surface area (Å²) < 4.78 is 4.02. The number of aromatic nitrogens is 4. The monoisotopic (exact) mass is 233 g/mol. The fraction of sp³-hybridized carbons (Fsp3) is 0.500. The van der Waals surface area contributed by atoms with Crippen molar-refractivity contribution in [1.82, 2.24) is 24.6 Å². The maximum Gasteiger partial charge on any atom is 0.0953 e. The molecule has 17 heavy (non-hydrogen) atoms. The van der Waals surface area contributed by atoms with E-state index in [9.17, 15) is 0 Å². The van der Waals surface area contributed by atoms with Gasteiger partial charge in [0.2, 0.25) is 0 Å². The van der Waals surface area contributed by atoms with E-state index < -0.39 is 0 Å². The van der Waals surface area contributed by atoms with E-state index in [1.54, 1.807) is 0 Å². The van der Waals surface area contributed by atoms with E-state index in [4.69, 9.17) is 0 Å². The summed E-state index contributed by atoms with van der Waals surface area (Å²) in [4.78, 5) is 4.38. The molecule has 0 aliphatic rings. The van der Waals surface area contributed by atoms with Gasteiger partial charge in [-0.1, -0.05) is 0 Å². The third kappa shape index (κ3) is 2.94. The SMILES string of the molecule is CNCCc1cn(Cc2cc(C)nn2C)cn1. The van der Waals surface area contributed by atoms with Crippen molar-refractivity contribution in [3.8, 4) is 0 Å². The number of rotatable bonds is 5. The molecule has 5 heteroatoms. The van der Waals surface area contributed by atoms with Gasteiger partial charge in [-0.15, -0.1) is 0 Å². The van der Waals surface area contributed by atoms with Gasteiger partial charge in [0, 0.05) is 26.2 Å². The van der Waals surface area contributed by atoms with Crippen LogP contribution >= 0.6 is 0 Å². The molecule has 0 spiro atoms. The zero-order chi connectivity index (χ0) is 12.3. The standard InChI is InChI=1S/C12H19N5/c1-10-6-12(16(3)15-10)8-17-7-11(14-9-17)4-5-13-2/h6-7,9,13H,4-5,8H2,1-3H3. The lowest BCUT2D eigenvalue weighted by atomic mass is 10.3. The summed E-state index contributed by atoms with van der Waals surface area (Å²) >= 11 is 0. The Balaban J connectivity index is 2.03. The van der Waals surface area contributed by atoms with Crippen molar-refractivity contribution in [2.45, 2.75) is 19.9 Å². The molecule has 0 atom stereocenters. The van der Waals surface area contributed by atoms with Crippen LogP contribution in [0, 0.1) is 6.92 Å². The second-order valence-electron chi connectivity index (χ2n) is 4.29. The van der Waals surface area contributed by atoms with Crippen molar-refractivity contribution < 1.29 is 0 Å². The number of nitrogens with one attached hydrogen (secondary N) is 1. The largest absolute Gasteiger partial charge is 0.331 e. The Morgan fingerprint density at radius 2 is 2.24 bits per heavy atom. The van der Waals surface area contributed by atoms with Crippen LogP contribution in [0.2, 0.25) is 0 Å². The molecule has 2 aromatic heterocycles. The van der Waals surface area contributed by atoms with Crippen LogP contribution in [0.1, 0.15) is 17.1 Å². The van der Waals surface area contributed by atoms with Crippen LogP contribution in [0.4, 0.5) is 0 Å². The van der Waals surface area contributed by atoms with E-state index in [1.807, 2.05) is 32.0 Å². The van der Waals surface area contributed by atoms with Gasteiger partial charge in [0.15, 0.2) is 0 Å². The average Bonchev–Trinajstić information content (AvgIpc) is 2.84. The van der Waals surface area contributed by atoms with Gasteiger partial charge < -0.3 is 9.88 Å². The molecule has 0 saturated heterocycles. The first-order valence-electron chi connectivity index (χ1n) is 5.84. The number of nitrogens with zero attached hydrogens (tertiary/aromatic N) is 4. The van der Waals surface area contributed by atoms with Gasteiger partial charge in [0.05, 0.1) is 30.0 Å². The molecule has 0 saturated carbocycles. The number of aryl methyl sites for hydroxylation is 2. The molecule has 0 aliphatic heterocycles. The van der Waals surface area contributed by atoms with Crippen molar-refractivity contribution >= 4 is 0 Å². The second kappa shape index (κ2) is 5.14. The average molecular weight is 233 g/mol. The highest BCUT2D eigenvalue weighted by Gasteiger charge is 2.04. The van der Waals surface area contributed by atoms with E-state index in [1.165, 1.54) is 5.69 Å². The Kier molecular flexibility index (Phi) is 3.58. The molecule has 2 heterocycles. The first-order valence-corrected chi connectivity index (χ1v) is 5.84. The zero-order valence-corrected chi connectivity index (χ0v) is 10.6. The van der Waals surface area contributed by atoms with Crippen LogP contribution < -0.4 is 5.32 Å². The maximum atomic E-state index is 4.38. The Hall–Kier alpha value is -1.62. The molecule has 1 N–H and O–H groups in total. The van der Waals surface area contributed by atoms with E-state index in [0.717, 1.165) is 30.9 Å². The van der Waals surface area contributed by atoms with Crippen molar-refractivity contribution in [3.05, 3.63) is 35.7 Å². The molecule has 92 valence electrons. The van der Waals surface area contributed by atoms with E-state index in [0.29, 0.717) is 0 Å². The number of hydrogen-bond acceptors (Lipinski definition) is 3. The van der Waals surface area contributed by atoms with E-state index >= 15 is 0 Å². The highest BCUT2D eigenvalue weighted by atomic mass is 15.3. The lowest BCUT2D eigenvalue weighted by Crippen LogP contribution is -2.10. The van der Waals surface area contributed by atoms with Crippen LogP contribution in [0.3, 0.4) is 0 Å². The molecule has 2 rings (SSSR count). The normalized spacial score (nSPS) is 11.0. The summed E-state index contributed by atoms with van der Waals surface area (Å²) in [5.41, 5.74) is 3.37. The lowest BCUT2D eigenvalue weighted by molar-refractivity contribution is 0.662. The second-order valence-corrected chi connectivity index (χ2v) is 4.29. The molecule has 0 aromatic carbocycles. The molecule has 2 aromatic rings. The van der Waals surface area contributed by atoms with Crippen LogP contribution in [-0.4, -0.2) is 32.9 Å². The molecule has 0 bridgehead atoms. The molecular weight excluding hydrogens is 214 g/mol. The van der Waals surface area contributed by atoms with Crippen molar-refractivity contribution in [2.75, 3.05) is 13.6 Å². The zero-order valence-electron chi connectivity index (χ0n) is 10.6. The van der Waals surface area contributed by atoms with Gasteiger partial charge in [-0.2, -0.15) is 5.10 Å². The summed E-state index contributed by atoms with van der Waals surface area (Å²) in [6, 6.07) is 2.10. The summed E-state index contributed by atoms with van der Waals surface area (Å²) in [6.07, 6.45) is 4.95.